The Bertz CT molecular complexity index is 1010. The highest BCUT2D eigenvalue weighted by atomic mass is 19.3. The van der Waals surface area contributed by atoms with Crippen molar-refractivity contribution in [1.29, 1.82) is 0 Å². The van der Waals surface area contributed by atoms with Crippen LogP contribution in [0.25, 0.3) is 11.1 Å². The summed E-state index contributed by atoms with van der Waals surface area (Å²) in [6.45, 7) is -0.447. The number of urea groups is 1. The lowest BCUT2D eigenvalue weighted by Gasteiger charge is -2.34. The summed E-state index contributed by atoms with van der Waals surface area (Å²) in [6, 6.07) is 7.52. The van der Waals surface area contributed by atoms with Crippen LogP contribution in [-0.4, -0.2) is 45.6 Å². The number of nitrogens with two attached hydrogens (primary N) is 1. The zero-order chi connectivity index (χ0) is 21.5. The molecule has 0 radical (unpaired) electrons. The normalized spacial score (nSPS) is 19.7. The Morgan fingerprint density at radius 1 is 1.10 bits per heavy atom. The van der Waals surface area contributed by atoms with E-state index >= 15 is 0 Å². The molecule has 2 heterocycles. The smallest absolute Gasteiger partial charge is 0.325 e. The van der Waals surface area contributed by atoms with Gasteiger partial charge in [-0.25, -0.2) is 13.6 Å². The lowest BCUT2D eigenvalue weighted by molar-refractivity contribution is -0.135. The van der Waals surface area contributed by atoms with Crippen molar-refractivity contribution in [3.63, 3.8) is 0 Å². The summed E-state index contributed by atoms with van der Waals surface area (Å²) in [6.07, 6.45) is 1.97. The number of ketones is 1. The molecule has 1 aliphatic heterocycles. The van der Waals surface area contributed by atoms with E-state index in [1.165, 1.54) is 0 Å². The lowest BCUT2D eigenvalue weighted by Crippen LogP contribution is -2.51. The molecule has 2 aromatic rings. The van der Waals surface area contributed by atoms with E-state index in [1.807, 2.05) is 0 Å². The van der Waals surface area contributed by atoms with Gasteiger partial charge in [0.2, 0.25) is 5.92 Å². The molecule has 1 spiro atoms. The van der Waals surface area contributed by atoms with Crippen molar-refractivity contribution in [3.05, 3.63) is 48.3 Å². The quantitative estimate of drug-likeness (QED) is 0.591. The number of hydrogen-bond donors (Lipinski definition) is 2. The molecule has 1 aliphatic carbocycles. The van der Waals surface area contributed by atoms with E-state index in [-0.39, 0.29) is 12.8 Å². The standard InChI is InChI=1S/C21H20F2N4O3/c22-21(23)8-6-20(7-9-21)18(29)27(19(30)26-20)12-17(28)14-3-1-13(2-4-14)15-11-25-10-5-16(15)24/h1-5,10-11H,6-9,12H2,(H2,24,25)(H,26,30). The third-order valence-corrected chi connectivity index (χ3v) is 5.76. The van der Waals surface area contributed by atoms with Crippen LogP contribution < -0.4 is 11.1 Å². The maximum Gasteiger partial charge on any atom is 0.325 e. The Morgan fingerprint density at radius 2 is 1.77 bits per heavy atom. The second kappa shape index (κ2) is 7.16. The average molecular weight is 414 g/mol. The molecule has 0 bridgehead atoms. The number of imide groups is 1. The summed E-state index contributed by atoms with van der Waals surface area (Å²) in [7, 11) is 0. The zero-order valence-electron chi connectivity index (χ0n) is 16.0. The van der Waals surface area contributed by atoms with Crippen LogP contribution in [0.4, 0.5) is 19.3 Å². The largest absolute Gasteiger partial charge is 0.398 e. The third-order valence-electron chi connectivity index (χ3n) is 5.76. The Balaban J connectivity index is 1.47. The van der Waals surface area contributed by atoms with Crippen LogP contribution in [0.15, 0.2) is 42.7 Å². The fourth-order valence-electron chi connectivity index (χ4n) is 3.92. The van der Waals surface area contributed by atoms with E-state index in [0.717, 1.165) is 16.0 Å². The molecule has 1 aromatic carbocycles. The summed E-state index contributed by atoms with van der Waals surface area (Å²) in [5.41, 5.74) is 6.96. The van der Waals surface area contributed by atoms with Gasteiger partial charge in [0.15, 0.2) is 5.78 Å². The SMILES string of the molecule is Nc1ccncc1-c1ccc(C(=O)CN2C(=O)NC3(CCC(F)(F)CC3)C2=O)cc1. The van der Waals surface area contributed by atoms with Gasteiger partial charge in [0.25, 0.3) is 5.91 Å². The van der Waals surface area contributed by atoms with Crippen molar-refractivity contribution >= 4 is 23.4 Å². The van der Waals surface area contributed by atoms with Gasteiger partial charge in [-0.1, -0.05) is 24.3 Å². The first-order valence-electron chi connectivity index (χ1n) is 9.56. The molecule has 156 valence electrons. The van der Waals surface area contributed by atoms with Gasteiger partial charge in [0.05, 0.1) is 6.54 Å². The summed E-state index contributed by atoms with van der Waals surface area (Å²) in [5.74, 6) is -3.88. The molecule has 3 amide bonds. The number of halogens is 2. The highest BCUT2D eigenvalue weighted by Crippen LogP contribution is 2.41. The maximum atomic E-state index is 13.5. The van der Waals surface area contributed by atoms with Crippen molar-refractivity contribution in [3.8, 4) is 11.1 Å². The molecule has 0 atom stereocenters. The van der Waals surface area contributed by atoms with Gasteiger partial charge in [-0.15, -0.1) is 0 Å². The van der Waals surface area contributed by atoms with Crippen LogP contribution in [0, 0.1) is 0 Å². The van der Waals surface area contributed by atoms with E-state index in [4.69, 9.17) is 5.73 Å². The Hall–Kier alpha value is -3.36. The number of rotatable bonds is 4. The molecule has 7 nitrogen and oxygen atoms in total. The number of benzene rings is 1. The molecular weight excluding hydrogens is 394 g/mol. The number of Topliss-reactive ketones (excluding diaryl/α,β-unsaturated/α-hetero) is 1. The first-order chi connectivity index (χ1) is 14.2. The predicted octanol–water partition coefficient (Wildman–Crippen LogP) is 3.01. The fourth-order valence-corrected chi connectivity index (χ4v) is 3.92. The van der Waals surface area contributed by atoms with Gasteiger partial charge < -0.3 is 11.1 Å². The Morgan fingerprint density at radius 3 is 2.40 bits per heavy atom. The summed E-state index contributed by atoms with van der Waals surface area (Å²) in [4.78, 5) is 42.6. The monoisotopic (exact) mass is 414 g/mol. The number of alkyl halides is 2. The van der Waals surface area contributed by atoms with Crippen molar-refractivity contribution < 1.29 is 23.2 Å². The van der Waals surface area contributed by atoms with E-state index in [1.54, 1.807) is 42.7 Å². The number of anilines is 1. The number of hydrogen-bond acceptors (Lipinski definition) is 5. The summed E-state index contributed by atoms with van der Waals surface area (Å²) < 4.78 is 26.9. The number of pyridine rings is 1. The van der Waals surface area contributed by atoms with E-state index in [9.17, 15) is 23.2 Å². The van der Waals surface area contributed by atoms with Crippen molar-refractivity contribution in [2.75, 3.05) is 12.3 Å². The van der Waals surface area contributed by atoms with Gasteiger partial charge in [-0.3, -0.25) is 19.5 Å². The molecule has 4 rings (SSSR count). The van der Waals surface area contributed by atoms with Gasteiger partial charge in [-0.2, -0.15) is 0 Å². The topological polar surface area (TPSA) is 105 Å². The van der Waals surface area contributed by atoms with E-state index in [2.05, 4.69) is 10.3 Å². The fraction of sp³-hybridized carbons (Fsp3) is 0.333. The maximum absolute atomic E-state index is 13.5. The van der Waals surface area contributed by atoms with Crippen molar-refractivity contribution in [1.82, 2.24) is 15.2 Å². The number of carbonyl (C=O) groups is 3. The third kappa shape index (κ3) is 3.51. The Kier molecular flexibility index (Phi) is 4.76. The second-order valence-corrected chi connectivity index (χ2v) is 7.72. The highest BCUT2D eigenvalue weighted by Gasteiger charge is 2.55. The van der Waals surface area contributed by atoms with Gasteiger partial charge in [0.1, 0.15) is 5.54 Å². The van der Waals surface area contributed by atoms with Crippen LogP contribution >= 0.6 is 0 Å². The molecule has 1 aromatic heterocycles. The molecule has 2 fully saturated rings. The molecule has 1 saturated heterocycles. The summed E-state index contributed by atoms with van der Waals surface area (Å²) >= 11 is 0. The van der Waals surface area contributed by atoms with E-state index in [0.29, 0.717) is 11.3 Å². The minimum absolute atomic E-state index is 0.142. The zero-order valence-corrected chi connectivity index (χ0v) is 16.0. The molecule has 9 heteroatoms. The molecule has 0 unspecified atom stereocenters. The average Bonchev–Trinajstić information content (AvgIpc) is 2.95. The van der Waals surface area contributed by atoms with Crippen LogP contribution in [0.5, 0.6) is 0 Å². The molecular formula is C21H20F2N4O3. The summed E-state index contributed by atoms with van der Waals surface area (Å²) in [5, 5.41) is 2.53. The molecule has 2 aliphatic rings. The number of nitrogen functional groups attached to an aromatic ring is 1. The molecule has 30 heavy (non-hydrogen) atoms. The van der Waals surface area contributed by atoms with Crippen LogP contribution in [-0.2, 0) is 4.79 Å². The second-order valence-electron chi connectivity index (χ2n) is 7.72. The number of carbonyl (C=O) groups excluding carboxylic acids is 3. The number of nitrogens with zero attached hydrogens (tertiary/aromatic N) is 2. The van der Waals surface area contributed by atoms with Crippen LogP contribution in [0.3, 0.4) is 0 Å². The first kappa shape index (κ1) is 19.9. The highest BCUT2D eigenvalue weighted by molar-refractivity contribution is 6.11. The minimum Gasteiger partial charge on any atom is -0.398 e. The first-order valence-corrected chi connectivity index (χ1v) is 9.56. The van der Waals surface area contributed by atoms with Crippen molar-refractivity contribution in [2.24, 2.45) is 0 Å². The van der Waals surface area contributed by atoms with Gasteiger partial charge >= 0.3 is 6.03 Å². The lowest BCUT2D eigenvalue weighted by atomic mass is 9.80. The van der Waals surface area contributed by atoms with Crippen LogP contribution in [0.2, 0.25) is 0 Å². The Labute approximate surface area is 171 Å². The van der Waals surface area contributed by atoms with E-state index < -0.39 is 48.6 Å². The molecule has 3 N–H and O–H groups in total. The van der Waals surface area contributed by atoms with Crippen LogP contribution in [0.1, 0.15) is 36.0 Å². The van der Waals surface area contributed by atoms with Crippen molar-refractivity contribution in [2.45, 2.75) is 37.1 Å². The minimum atomic E-state index is -2.83. The van der Waals surface area contributed by atoms with Gasteiger partial charge in [0, 0.05) is 42.0 Å². The predicted molar refractivity (Wildman–Crippen MR) is 105 cm³/mol. The number of amides is 3. The molecule has 1 saturated carbocycles. The number of aromatic nitrogens is 1. The van der Waals surface area contributed by atoms with Gasteiger partial charge in [-0.05, 0) is 24.5 Å². The number of nitrogens with one attached hydrogen (secondary N) is 1.